The number of halogens is 1. The van der Waals surface area contributed by atoms with E-state index in [1.54, 1.807) is 6.07 Å². The van der Waals surface area contributed by atoms with Gasteiger partial charge in [0.05, 0.1) is 13.2 Å². The predicted octanol–water partition coefficient (Wildman–Crippen LogP) is 4.07. The number of nitrogens with zero attached hydrogens (tertiary/aromatic N) is 1. The van der Waals surface area contributed by atoms with E-state index in [2.05, 4.69) is 4.90 Å². The fraction of sp³-hybridized carbons (Fsp3) is 0.458. The van der Waals surface area contributed by atoms with Crippen LogP contribution in [0, 0.1) is 11.7 Å². The minimum absolute atomic E-state index is 0.0938. The van der Waals surface area contributed by atoms with E-state index in [1.807, 2.05) is 31.2 Å². The van der Waals surface area contributed by atoms with Crippen LogP contribution in [0.15, 0.2) is 36.4 Å². The zero-order valence-corrected chi connectivity index (χ0v) is 17.3. The predicted molar refractivity (Wildman–Crippen MR) is 111 cm³/mol. The molecule has 0 radical (unpaired) electrons. The zero-order valence-electron chi connectivity index (χ0n) is 17.3. The molecule has 2 atom stereocenters. The third-order valence-corrected chi connectivity index (χ3v) is 6.25. The van der Waals surface area contributed by atoms with Crippen LogP contribution in [-0.4, -0.2) is 41.7 Å². The van der Waals surface area contributed by atoms with Gasteiger partial charge >= 0.3 is 5.97 Å². The number of carboxylic acid groups (broad SMARTS) is 1. The van der Waals surface area contributed by atoms with Crippen molar-refractivity contribution >= 4 is 5.97 Å². The highest BCUT2D eigenvalue weighted by Gasteiger charge is 2.35. The molecule has 1 N–H and O–H groups in total. The van der Waals surface area contributed by atoms with Gasteiger partial charge < -0.3 is 14.6 Å². The Morgan fingerprint density at radius 2 is 2.20 bits per heavy atom. The van der Waals surface area contributed by atoms with Gasteiger partial charge in [0.2, 0.25) is 0 Å². The van der Waals surface area contributed by atoms with Gasteiger partial charge in [-0.2, -0.15) is 0 Å². The molecule has 6 heteroatoms. The maximum atomic E-state index is 14.2. The molecule has 0 bridgehead atoms. The molecule has 2 aliphatic rings. The third-order valence-electron chi connectivity index (χ3n) is 6.25. The van der Waals surface area contributed by atoms with Crippen LogP contribution in [0.1, 0.15) is 36.5 Å². The van der Waals surface area contributed by atoms with Gasteiger partial charge in [-0.15, -0.1) is 0 Å². The van der Waals surface area contributed by atoms with E-state index in [0.717, 1.165) is 49.1 Å². The summed E-state index contributed by atoms with van der Waals surface area (Å²) in [5, 5.41) is 9.15. The van der Waals surface area contributed by atoms with Crippen LogP contribution in [0.5, 0.6) is 11.5 Å². The molecule has 2 unspecified atom stereocenters. The highest BCUT2D eigenvalue weighted by Crippen LogP contribution is 2.36. The lowest BCUT2D eigenvalue weighted by Crippen LogP contribution is -2.43. The Hall–Kier alpha value is -2.60. The Bertz CT molecular complexity index is 916. The molecule has 0 aromatic heterocycles. The summed E-state index contributed by atoms with van der Waals surface area (Å²) in [6.45, 7) is 3.69. The summed E-state index contributed by atoms with van der Waals surface area (Å²) in [5.74, 6) is 0.731. The number of aliphatic carboxylic acids is 1. The normalized spacial score (nSPS) is 21.1. The average molecular weight is 413 g/mol. The van der Waals surface area contributed by atoms with Crippen molar-refractivity contribution in [1.29, 1.82) is 0 Å². The molecule has 0 amide bonds. The fourth-order valence-corrected chi connectivity index (χ4v) is 4.72. The first-order chi connectivity index (χ1) is 14.5. The zero-order chi connectivity index (χ0) is 21.1. The molecule has 2 heterocycles. The van der Waals surface area contributed by atoms with Gasteiger partial charge in [-0.25, -0.2) is 4.39 Å². The van der Waals surface area contributed by atoms with Crippen molar-refractivity contribution in [3.05, 3.63) is 58.9 Å². The van der Waals surface area contributed by atoms with E-state index >= 15 is 0 Å². The summed E-state index contributed by atoms with van der Waals surface area (Å²) < 4.78 is 26.1. The van der Waals surface area contributed by atoms with E-state index in [-0.39, 0.29) is 30.9 Å². The van der Waals surface area contributed by atoms with Gasteiger partial charge in [-0.3, -0.25) is 9.69 Å². The van der Waals surface area contributed by atoms with Gasteiger partial charge in [-0.05, 0) is 55.5 Å². The van der Waals surface area contributed by atoms with Crippen LogP contribution in [0.2, 0.25) is 0 Å². The smallest absolute Gasteiger partial charge is 0.317 e. The summed E-state index contributed by atoms with van der Waals surface area (Å²) in [7, 11) is 0. The Morgan fingerprint density at radius 3 is 3.00 bits per heavy atom. The third kappa shape index (κ3) is 4.43. The molecule has 0 spiro atoms. The van der Waals surface area contributed by atoms with Crippen molar-refractivity contribution in [2.24, 2.45) is 5.92 Å². The highest BCUT2D eigenvalue weighted by atomic mass is 19.1. The Balaban J connectivity index is 1.42. The average Bonchev–Trinajstić information content (AvgIpc) is 3.19. The first-order valence-corrected chi connectivity index (χ1v) is 10.7. The number of likely N-dealkylation sites (tertiary alicyclic amines) is 1. The van der Waals surface area contributed by atoms with Crippen molar-refractivity contribution in [2.75, 3.05) is 19.7 Å². The molecule has 5 nitrogen and oxygen atoms in total. The van der Waals surface area contributed by atoms with Gasteiger partial charge in [0, 0.05) is 23.6 Å². The second-order valence-electron chi connectivity index (χ2n) is 8.14. The largest absolute Gasteiger partial charge is 0.493 e. The molecule has 30 heavy (non-hydrogen) atoms. The van der Waals surface area contributed by atoms with Crippen molar-refractivity contribution in [2.45, 2.75) is 45.3 Å². The van der Waals surface area contributed by atoms with E-state index in [1.165, 1.54) is 6.07 Å². The maximum absolute atomic E-state index is 14.2. The van der Waals surface area contributed by atoms with Crippen LogP contribution in [-0.2, 0) is 24.2 Å². The van der Waals surface area contributed by atoms with E-state index in [0.29, 0.717) is 17.9 Å². The molecule has 0 saturated carbocycles. The number of hydrogen-bond donors (Lipinski definition) is 1. The SMILES string of the molecule is CCc1cccc(F)c1COc1ccc2c(c1)OCC(C1CCCN1CC(=O)O)C2. The minimum Gasteiger partial charge on any atom is -0.493 e. The van der Waals surface area contributed by atoms with Crippen LogP contribution >= 0.6 is 0 Å². The van der Waals surface area contributed by atoms with Crippen molar-refractivity contribution in [1.82, 2.24) is 4.90 Å². The molecule has 2 aromatic carbocycles. The lowest BCUT2D eigenvalue weighted by Gasteiger charge is -2.34. The van der Waals surface area contributed by atoms with Gasteiger partial charge in [-0.1, -0.05) is 25.1 Å². The molecule has 2 aromatic rings. The van der Waals surface area contributed by atoms with E-state index < -0.39 is 5.97 Å². The standard InChI is InChI=1S/C24H28FNO4/c1-2-16-5-3-6-21(25)20(16)15-29-19-9-8-17-11-18(14-30-23(17)12-19)22-7-4-10-26(22)13-24(27)28/h3,5-6,8-9,12,18,22H,2,4,7,10-11,13-15H2,1H3,(H,27,28). The van der Waals surface area contributed by atoms with Gasteiger partial charge in [0.1, 0.15) is 23.9 Å². The highest BCUT2D eigenvalue weighted by molar-refractivity contribution is 5.69. The van der Waals surface area contributed by atoms with Crippen molar-refractivity contribution in [3.8, 4) is 11.5 Å². The van der Waals surface area contributed by atoms with E-state index in [9.17, 15) is 9.18 Å². The van der Waals surface area contributed by atoms with Crippen LogP contribution in [0.25, 0.3) is 0 Å². The number of fused-ring (bicyclic) bond motifs is 1. The second-order valence-corrected chi connectivity index (χ2v) is 8.14. The number of hydrogen-bond acceptors (Lipinski definition) is 4. The van der Waals surface area contributed by atoms with Crippen molar-refractivity contribution in [3.63, 3.8) is 0 Å². The topological polar surface area (TPSA) is 59.0 Å². The van der Waals surface area contributed by atoms with Crippen molar-refractivity contribution < 1.29 is 23.8 Å². The molecule has 1 fully saturated rings. The monoisotopic (exact) mass is 413 g/mol. The molecule has 1 saturated heterocycles. The minimum atomic E-state index is -0.776. The summed E-state index contributed by atoms with van der Waals surface area (Å²) in [6, 6.07) is 11.2. The fourth-order valence-electron chi connectivity index (χ4n) is 4.72. The Kier molecular flexibility index (Phi) is 6.23. The molecular formula is C24H28FNO4. The maximum Gasteiger partial charge on any atom is 0.317 e. The summed E-state index contributed by atoms with van der Waals surface area (Å²) >= 11 is 0. The molecule has 2 aliphatic heterocycles. The van der Waals surface area contributed by atoms with E-state index in [4.69, 9.17) is 14.6 Å². The molecule has 4 rings (SSSR count). The van der Waals surface area contributed by atoms with Gasteiger partial charge in [0.25, 0.3) is 0 Å². The molecular weight excluding hydrogens is 385 g/mol. The number of carboxylic acids is 1. The second kappa shape index (κ2) is 9.04. The Labute approximate surface area is 176 Å². The first kappa shape index (κ1) is 20.7. The summed E-state index contributed by atoms with van der Waals surface area (Å²) in [5.41, 5.74) is 2.66. The lowest BCUT2D eigenvalue weighted by atomic mass is 9.89. The Morgan fingerprint density at radius 1 is 1.33 bits per heavy atom. The first-order valence-electron chi connectivity index (χ1n) is 10.7. The number of aryl methyl sites for hydroxylation is 1. The molecule has 160 valence electrons. The quantitative estimate of drug-likeness (QED) is 0.742. The van der Waals surface area contributed by atoms with Crippen LogP contribution < -0.4 is 9.47 Å². The summed E-state index contributed by atoms with van der Waals surface area (Å²) in [4.78, 5) is 13.2. The van der Waals surface area contributed by atoms with Gasteiger partial charge in [0.15, 0.2) is 0 Å². The number of benzene rings is 2. The number of rotatable bonds is 7. The molecule has 0 aliphatic carbocycles. The number of carbonyl (C=O) groups is 1. The van der Waals surface area contributed by atoms with Crippen LogP contribution in [0.3, 0.4) is 0 Å². The lowest BCUT2D eigenvalue weighted by molar-refractivity contribution is -0.138. The summed E-state index contributed by atoms with van der Waals surface area (Å²) in [6.07, 6.45) is 3.67. The van der Waals surface area contributed by atoms with Crippen LogP contribution in [0.4, 0.5) is 4.39 Å². The number of ether oxygens (including phenoxy) is 2.